The molecule has 2 atom stereocenters. The Balaban J connectivity index is 1.25. The van der Waals surface area contributed by atoms with Gasteiger partial charge in [0.25, 0.3) is 0 Å². The van der Waals surface area contributed by atoms with Crippen LogP contribution in [0.1, 0.15) is 63.6 Å². The van der Waals surface area contributed by atoms with Crippen LogP contribution in [0.15, 0.2) is 6.33 Å². The maximum Gasteiger partial charge on any atom is 0.240 e. The number of nitrogens with zero attached hydrogens (tertiary/aromatic N) is 3. The van der Waals surface area contributed by atoms with Crippen molar-refractivity contribution < 1.29 is 9.90 Å². The van der Waals surface area contributed by atoms with E-state index >= 15 is 0 Å². The Labute approximate surface area is 185 Å². The predicted molar refractivity (Wildman–Crippen MR) is 119 cm³/mol. The SMILES string of the molecule is CC(C)[C@@H](N)C(=O)N1CCc2c(ncnc2NCC(O)C23CC4CC(CC(C4)C2)C3)C1. The van der Waals surface area contributed by atoms with Crippen LogP contribution in [-0.2, 0) is 17.8 Å². The molecule has 7 nitrogen and oxygen atoms in total. The first-order valence-corrected chi connectivity index (χ1v) is 12.1. The second-order valence-corrected chi connectivity index (χ2v) is 11.1. The van der Waals surface area contributed by atoms with E-state index in [-0.39, 0.29) is 23.3 Å². The molecular weight excluding hydrogens is 390 g/mol. The molecule has 6 rings (SSSR count). The number of carbonyl (C=O) groups excluding carboxylic acids is 1. The molecular formula is C24H37N5O2. The zero-order valence-corrected chi connectivity index (χ0v) is 18.9. The number of anilines is 1. The summed E-state index contributed by atoms with van der Waals surface area (Å²) >= 11 is 0. The van der Waals surface area contributed by atoms with E-state index in [4.69, 9.17) is 5.73 Å². The minimum Gasteiger partial charge on any atom is -0.391 e. The Kier molecular flexibility index (Phi) is 5.45. The number of fused-ring (bicyclic) bond motifs is 1. The van der Waals surface area contributed by atoms with Gasteiger partial charge in [0.15, 0.2) is 0 Å². The summed E-state index contributed by atoms with van der Waals surface area (Å²) in [4.78, 5) is 23.4. The van der Waals surface area contributed by atoms with Crippen LogP contribution in [0.5, 0.6) is 0 Å². The van der Waals surface area contributed by atoms with Crippen LogP contribution < -0.4 is 11.1 Å². The lowest BCUT2D eigenvalue weighted by atomic mass is 9.48. The standard InChI is InChI=1S/C24H37N5O2/c1-14(2)21(25)23(31)29-4-3-18-19(12-29)27-13-28-22(18)26-11-20(30)24-8-15-5-16(9-24)7-17(6-15)10-24/h13-17,20-21,30H,3-12,25H2,1-2H3,(H,26,27,28)/t15?,16?,17?,20?,21-,24?/m1/s1. The smallest absolute Gasteiger partial charge is 0.240 e. The highest BCUT2D eigenvalue weighted by Gasteiger charge is 2.53. The van der Waals surface area contributed by atoms with E-state index in [1.54, 1.807) is 6.33 Å². The van der Waals surface area contributed by atoms with Crippen LogP contribution in [0, 0.1) is 29.1 Å². The number of hydrogen-bond donors (Lipinski definition) is 3. The lowest BCUT2D eigenvalue weighted by Gasteiger charge is -2.58. The molecule has 0 aromatic carbocycles. The third-order valence-corrected chi connectivity index (χ3v) is 8.58. The number of aliphatic hydroxyl groups excluding tert-OH is 1. The molecule has 7 heteroatoms. The van der Waals surface area contributed by atoms with Crippen molar-refractivity contribution in [3.05, 3.63) is 17.6 Å². The highest BCUT2D eigenvalue weighted by atomic mass is 16.3. The van der Waals surface area contributed by atoms with Crippen molar-refractivity contribution in [1.29, 1.82) is 0 Å². The topological polar surface area (TPSA) is 104 Å². The summed E-state index contributed by atoms with van der Waals surface area (Å²) in [7, 11) is 0. The molecule has 5 aliphatic rings. The summed E-state index contributed by atoms with van der Waals surface area (Å²) in [5.41, 5.74) is 8.14. The van der Waals surface area contributed by atoms with Crippen molar-refractivity contribution >= 4 is 11.7 Å². The van der Waals surface area contributed by atoms with Gasteiger partial charge in [-0.25, -0.2) is 9.97 Å². The first kappa shape index (κ1) is 21.1. The van der Waals surface area contributed by atoms with E-state index in [1.807, 2.05) is 18.7 Å². The molecule has 31 heavy (non-hydrogen) atoms. The van der Waals surface area contributed by atoms with Gasteiger partial charge in [0, 0.05) is 18.7 Å². The van der Waals surface area contributed by atoms with Crippen LogP contribution in [0.4, 0.5) is 5.82 Å². The Morgan fingerprint density at radius 3 is 2.48 bits per heavy atom. The monoisotopic (exact) mass is 427 g/mol. The molecule has 1 aliphatic heterocycles. The van der Waals surface area contributed by atoms with Crippen LogP contribution in [0.3, 0.4) is 0 Å². The van der Waals surface area contributed by atoms with Gasteiger partial charge in [0.05, 0.1) is 24.4 Å². The predicted octanol–water partition coefficient (Wildman–Crippen LogP) is 2.33. The zero-order valence-electron chi connectivity index (χ0n) is 18.9. The molecule has 0 radical (unpaired) electrons. The third kappa shape index (κ3) is 3.84. The maximum absolute atomic E-state index is 12.7. The van der Waals surface area contributed by atoms with Crippen LogP contribution in [-0.4, -0.2) is 51.1 Å². The van der Waals surface area contributed by atoms with Crippen molar-refractivity contribution in [2.24, 2.45) is 34.8 Å². The molecule has 2 heterocycles. The van der Waals surface area contributed by atoms with Gasteiger partial charge in [-0.2, -0.15) is 0 Å². The summed E-state index contributed by atoms with van der Waals surface area (Å²) in [6.45, 7) is 5.59. The lowest BCUT2D eigenvalue weighted by Crippen LogP contribution is -2.53. The Bertz CT molecular complexity index is 806. The Morgan fingerprint density at radius 1 is 1.23 bits per heavy atom. The first-order valence-electron chi connectivity index (χ1n) is 12.1. The van der Waals surface area contributed by atoms with Gasteiger partial charge in [-0.05, 0) is 74.0 Å². The Morgan fingerprint density at radius 2 is 1.87 bits per heavy atom. The van der Waals surface area contributed by atoms with E-state index < -0.39 is 6.04 Å². The zero-order chi connectivity index (χ0) is 21.8. The normalized spacial score (nSPS) is 33.3. The van der Waals surface area contributed by atoms with Gasteiger partial charge < -0.3 is 21.1 Å². The fraction of sp³-hybridized carbons (Fsp3) is 0.792. The van der Waals surface area contributed by atoms with Crippen molar-refractivity contribution in [2.45, 2.75) is 77.5 Å². The van der Waals surface area contributed by atoms with Gasteiger partial charge in [-0.15, -0.1) is 0 Å². The fourth-order valence-electron chi connectivity index (χ4n) is 7.19. The maximum atomic E-state index is 12.7. The summed E-state index contributed by atoms with van der Waals surface area (Å²) in [5, 5.41) is 14.7. The van der Waals surface area contributed by atoms with E-state index in [9.17, 15) is 9.90 Å². The van der Waals surface area contributed by atoms with Gasteiger partial charge in [-0.3, -0.25) is 4.79 Å². The number of aromatic nitrogens is 2. The molecule has 4 aliphatic carbocycles. The van der Waals surface area contributed by atoms with Gasteiger partial charge in [0.2, 0.25) is 5.91 Å². The lowest BCUT2D eigenvalue weighted by molar-refractivity contribution is -0.134. The summed E-state index contributed by atoms with van der Waals surface area (Å²) in [6.07, 6.45) is 9.66. The van der Waals surface area contributed by atoms with Gasteiger partial charge in [-0.1, -0.05) is 13.8 Å². The molecule has 4 N–H and O–H groups in total. The van der Waals surface area contributed by atoms with Crippen molar-refractivity contribution in [3.8, 4) is 0 Å². The average molecular weight is 428 g/mol. The minimum absolute atomic E-state index is 0.00832. The van der Waals surface area contributed by atoms with Gasteiger partial charge >= 0.3 is 0 Å². The molecule has 1 aromatic heterocycles. The molecule has 1 amide bonds. The molecule has 0 spiro atoms. The highest BCUT2D eigenvalue weighted by Crippen LogP contribution is 2.61. The van der Waals surface area contributed by atoms with Crippen LogP contribution >= 0.6 is 0 Å². The summed E-state index contributed by atoms with van der Waals surface area (Å²) in [6, 6.07) is -0.476. The third-order valence-electron chi connectivity index (χ3n) is 8.58. The van der Waals surface area contributed by atoms with E-state index in [1.165, 1.54) is 38.5 Å². The number of aliphatic hydroxyl groups is 1. The molecule has 1 aromatic rings. The van der Waals surface area contributed by atoms with E-state index in [0.717, 1.165) is 34.8 Å². The van der Waals surface area contributed by atoms with E-state index in [0.29, 0.717) is 26.1 Å². The largest absolute Gasteiger partial charge is 0.391 e. The molecule has 4 bridgehead atoms. The number of hydrogen-bond acceptors (Lipinski definition) is 6. The summed E-state index contributed by atoms with van der Waals surface area (Å²) in [5.74, 6) is 3.40. The number of carbonyl (C=O) groups is 1. The number of nitrogens with one attached hydrogen (secondary N) is 1. The number of nitrogens with two attached hydrogens (primary N) is 1. The average Bonchev–Trinajstić information content (AvgIpc) is 2.74. The number of rotatable bonds is 6. The first-order chi connectivity index (χ1) is 14.8. The minimum atomic E-state index is -0.476. The van der Waals surface area contributed by atoms with Gasteiger partial charge in [0.1, 0.15) is 12.1 Å². The molecule has 1 unspecified atom stereocenters. The van der Waals surface area contributed by atoms with Crippen molar-refractivity contribution in [3.63, 3.8) is 0 Å². The molecule has 170 valence electrons. The van der Waals surface area contributed by atoms with Crippen LogP contribution in [0.2, 0.25) is 0 Å². The van der Waals surface area contributed by atoms with Crippen molar-refractivity contribution in [1.82, 2.24) is 14.9 Å². The van der Waals surface area contributed by atoms with Crippen molar-refractivity contribution in [2.75, 3.05) is 18.4 Å². The second kappa shape index (κ2) is 8.00. The molecule has 4 saturated carbocycles. The fourth-order valence-corrected chi connectivity index (χ4v) is 7.19. The van der Waals surface area contributed by atoms with Crippen LogP contribution in [0.25, 0.3) is 0 Å². The quantitative estimate of drug-likeness (QED) is 0.644. The Hall–Kier alpha value is -1.73. The second-order valence-electron chi connectivity index (χ2n) is 11.1. The molecule has 0 saturated heterocycles. The number of amides is 1. The molecule has 4 fully saturated rings. The summed E-state index contributed by atoms with van der Waals surface area (Å²) < 4.78 is 0. The van der Waals surface area contributed by atoms with E-state index in [2.05, 4.69) is 15.3 Å². The highest BCUT2D eigenvalue weighted by molar-refractivity contribution is 5.82.